The lowest BCUT2D eigenvalue weighted by molar-refractivity contribution is -0.0615. The first-order chi connectivity index (χ1) is 10.7. The molecule has 0 N–H and O–H groups in total. The van der Waals surface area contributed by atoms with Gasteiger partial charge in [-0.1, -0.05) is 30.6 Å². The average molecular weight is 297 g/mol. The van der Waals surface area contributed by atoms with E-state index in [0.29, 0.717) is 5.56 Å². The van der Waals surface area contributed by atoms with Gasteiger partial charge in [-0.3, -0.25) is 0 Å². The summed E-state index contributed by atoms with van der Waals surface area (Å²) >= 11 is 0. The topological polar surface area (TPSA) is 48.6 Å². The number of nitrogens with zero attached hydrogens (tertiary/aromatic N) is 3. The van der Waals surface area contributed by atoms with Crippen LogP contribution in [-0.2, 0) is 4.84 Å². The van der Waals surface area contributed by atoms with Crippen molar-refractivity contribution in [2.45, 2.75) is 44.6 Å². The minimum atomic E-state index is -0.0913. The Bertz CT molecular complexity index is 577. The van der Waals surface area contributed by atoms with Crippen LogP contribution in [-0.4, -0.2) is 35.8 Å². The highest BCUT2D eigenvalue weighted by atomic mass is 16.7. The molecule has 0 bridgehead atoms. The number of oxime groups is 1. The molecule has 0 aliphatic carbocycles. The van der Waals surface area contributed by atoms with Crippen LogP contribution in [0.4, 0.5) is 0 Å². The molecule has 0 unspecified atom stereocenters. The van der Waals surface area contributed by atoms with Gasteiger partial charge in [0, 0.05) is 32.4 Å². The van der Waals surface area contributed by atoms with Gasteiger partial charge in [0.15, 0.2) is 0 Å². The quantitative estimate of drug-likeness (QED) is 0.856. The Balaban J connectivity index is 1.58. The molecule has 116 valence electrons. The van der Waals surface area contributed by atoms with E-state index in [2.05, 4.69) is 23.0 Å². The zero-order valence-electron chi connectivity index (χ0n) is 13.2. The predicted molar refractivity (Wildman–Crippen MR) is 86.7 cm³/mol. The third-order valence-electron chi connectivity index (χ3n) is 4.78. The molecular weight excluding hydrogens is 274 g/mol. The van der Waals surface area contributed by atoms with Crippen molar-refractivity contribution < 1.29 is 4.84 Å². The van der Waals surface area contributed by atoms with Gasteiger partial charge in [0.1, 0.15) is 5.60 Å². The maximum absolute atomic E-state index is 8.87. The molecule has 0 radical (unpaired) electrons. The predicted octanol–water partition coefficient (Wildman–Crippen LogP) is 3.32. The van der Waals surface area contributed by atoms with E-state index in [0.717, 1.165) is 43.6 Å². The average Bonchev–Trinajstić information content (AvgIpc) is 2.98. The minimum absolute atomic E-state index is 0.0913. The molecular formula is C18H23N3O. The van der Waals surface area contributed by atoms with Crippen LogP contribution in [0, 0.1) is 11.3 Å². The Morgan fingerprint density at radius 1 is 1.27 bits per heavy atom. The minimum Gasteiger partial charge on any atom is -0.388 e. The summed E-state index contributed by atoms with van der Waals surface area (Å²) in [6.45, 7) is 5.66. The highest BCUT2D eigenvalue weighted by molar-refractivity contribution is 6.01. The van der Waals surface area contributed by atoms with Gasteiger partial charge in [0.25, 0.3) is 0 Å². The third kappa shape index (κ3) is 3.15. The monoisotopic (exact) mass is 297 g/mol. The first kappa shape index (κ1) is 15.1. The van der Waals surface area contributed by atoms with E-state index < -0.39 is 0 Å². The van der Waals surface area contributed by atoms with Crippen LogP contribution in [0.5, 0.6) is 0 Å². The lowest BCUT2D eigenvalue weighted by atomic mass is 9.85. The molecule has 1 fully saturated rings. The van der Waals surface area contributed by atoms with Crippen molar-refractivity contribution in [1.82, 2.24) is 4.90 Å². The second kappa shape index (κ2) is 6.50. The molecule has 2 aliphatic rings. The van der Waals surface area contributed by atoms with E-state index in [4.69, 9.17) is 10.1 Å². The van der Waals surface area contributed by atoms with Crippen LogP contribution in [0.25, 0.3) is 0 Å². The Labute approximate surface area is 132 Å². The van der Waals surface area contributed by atoms with Gasteiger partial charge in [0.2, 0.25) is 0 Å². The summed E-state index contributed by atoms with van der Waals surface area (Å²) in [6, 6.07) is 9.77. The lowest BCUT2D eigenvalue weighted by Gasteiger charge is -2.37. The van der Waals surface area contributed by atoms with E-state index in [9.17, 15) is 0 Å². The molecule has 1 aromatic carbocycles. The summed E-state index contributed by atoms with van der Waals surface area (Å²) < 4.78 is 0. The number of rotatable bonds is 4. The van der Waals surface area contributed by atoms with Crippen molar-refractivity contribution in [3.63, 3.8) is 0 Å². The van der Waals surface area contributed by atoms with Crippen LogP contribution in [0.2, 0.25) is 0 Å². The highest BCUT2D eigenvalue weighted by Crippen LogP contribution is 2.36. The van der Waals surface area contributed by atoms with Crippen molar-refractivity contribution in [1.29, 1.82) is 5.26 Å². The molecule has 2 aliphatic heterocycles. The lowest BCUT2D eigenvalue weighted by Crippen LogP contribution is -2.44. The van der Waals surface area contributed by atoms with Gasteiger partial charge in [0.05, 0.1) is 17.3 Å². The summed E-state index contributed by atoms with van der Waals surface area (Å²) in [6.07, 6.45) is 5.53. The molecule has 3 rings (SSSR count). The molecule has 22 heavy (non-hydrogen) atoms. The maximum atomic E-state index is 8.87. The Hall–Kier alpha value is -1.86. The van der Waals surface area contributed by atoms with Crippen LogP contribution in [0.15, 0.2) is 29.4 Å². The van der Waals surface area contributed by atoms with Crippen molar-refractivity contribution >= 4 is 5.71 Å². The van der Waals surface area contributed by atoms with E-state index in [1.165, 1.54) is 19.4 Å². The molecule has 1 saturated heterocycles. The Kier molecular flexibility index (Phi) is 4.44. The van der Waals surface area contributed by atoms with Crippen molar-refractivity contribution in [3.8, 4) is 6.07 Å². The number of unbranched alkanes of at least 4 members (excludes halogenated alkanes) is 1. The summed E-state index contributed by atoms with van der Waals surface area (Å²) in [4.78, 5) is 8.39. The van der Waals surface area contributed by atoms with Crippen LogP contribution < -0.4 is 0 Å². The summed E-state index contributed by atoms with van der Waals surface area (Å²) in [5, 5.41) is 13.2. The van der Waals surface area contributed by atoms with E-state index >= 15 is 0 Å². The number of hydrogen-bond acceptors (Lipinski definition) is 4. The van der Waals surface area contributed by atoms with Crippen LogP contribution in [0.1, 0.15) is 50.2 Å². The summed E-state index contributed by atoms with van der Waals surface area (Å²) in [5.74, 6) is 0. The standard InChI is InChI=1S/C18H23N3O/c1-2-3-10-21-11-8-18(9-12-21)13-17(20-22-18)16-6-4-15(14-19)5-7-16/h4-7H,2-3,8-13H2,1H3. The largest absolute Gasteiger partial charge is 0.388 e. The van der Waals surface area contributed by atoms with E-state index in [1.807, 2.05) is 24.3 Å². The van der Waals surface area contributed by atoms with Gasteiger partial charge >= 0.3 is 0 Å². The molecule has 4 nitrogen and oxygen atoms in total. The Morgan fingerprint density at radius 2 is 2.00 bits per heavy atom. The fourth-order valence-corrected chi connectivity index (χ4v) is 3.25. The molecule has 2 heterocycles. The number of likely N-dealkylation sites (tertiary alicyclic amines) is 1. The fraction of sp³-hybridized carbons (Fsp3) is 0.556. The molecule has 0 amide bonds. The van der Waals surface area contributed by atoms with Crippen molar-refractivity contribution in [2.75, 3.05) is 19.6 Å². The van der Waals surface area contributed by atoms with Gasteiger partial charge in [-0.15, -0.1) is 0 Å². The molecule has 0 saturated carbocycles. The second-order valence-corrected chi connectivity index (χ2v) is 6.37. The summed E-state index contributed by atoms with van der Waals surface area (Å²) in [7, 11) is 0. The second-order valence-electron chi connectivity index (χ2n) is 6.37. The SMILES string of the molecule is CCCCN1CCC2(CC1)CC(c1ccc(C#N)cc1)=NO2. The van der Waals surface area contributed by atoms with Gasteiger partial charge in [-0.2, -0.15) is 5.26 Å². The Morgan fingerprint density at radius 3 is 2.64 bits per heavy atom. The first-order valence-corrected chi connectivity index (χ1v) is 8.23. The smallest absolute Gasteiger partial charge is 0.145 e. The van der Waals surface area contributed by atoms with Crippen molar-refractivity contribution in [2.24, 2.45) is 5.16 Å². The zero-order valence-corrected chi connectivity index (χ0v) is 13.2. The normalized spacial score (nSPS) is 20.5. The first-order valence-electron chi connectivity index (χ1n) is 8.23. The zero-order chi connectivity index (χ0) is 15.4. The highest BCUT2D eigenvalue weighted by Gasteiger charge is 2.42. The fourth-order valence-electron chi connectivity index (χ4n) is 3.25. The van der Waals surface area contributed by atoms with E-state index in [1.54, 1.807) is 0 Å². The van der Waals surface area contributed by atoms with Crippen molar-refractivity contribution in [3.05, 3.63) is 35.4 Å². The molecule has 1 aromatic rings. The maximum Gasteiger partial charge on any atom is 0.145 e. The number of benzene rings is 1. The summed E-state index contributed by atoms with van der Waals surface area (Å²) in [5.41, 5.74) is 2.68. The van der Waals surface area contributed by atoms with Gasteiger partial charge in [-0.05, 0) is 30.7 Å². The molecule has 1 spiro atoms. The number of nitriles is 1. The van der Waals surface area contributed by atoms with Gasteiger partial charge in [-0.25, -0.2) is 0 Å². The molecule has 4 heteroatoms. The van der Waals surface area contributed by atoms with Crippen LogP contribution >= 0.6 is 0 Å². The number of piperidine rings is 1. The molecule has 0 aromatic heterocycles. The third-order valence-corrected chi connectivity index (χ3v) is 4.78. The number of hydrogen-bond donors (Lipinski definition) is 0. The molecule has 0 atom stereocenters. The van der Waals surface area contributed by atoms with Crippen LogP contribution in [0.3, 0.4) is 0 Å². The van der Waals surface area contributed by atoms with Gasteiger partial charge < -0.3 is 9.74 Å². The van der Waals surface area contributed by atoms with E-state index in [-0.39, 0.29) is 5.60 Å².